The van der Waals surface area contributed by atoms with E-state index in [0.717, 1.165) is 36.4 Å². The first kappa shape index (κ1) is 27.7. The van der Waals surface area contributed by atoms with E-state index in [4.69, 9.17) is 0 Å². The lowest BCUT2D eigenvalue weighted by molar-refractivity contribution is -0.385. The van der Waals surface area contributed by atoms with Crippen LogP contribution in [0.15, 0.2) is 78.1 Å². The van der Waals surface area contributed by atoms with Gasteiger partial charge in [0.2, 0.25) is 10.9 Å². The zero-order valence-electron chi connectivity index (χ0n) is 18.2. The van der Waals surface area contributed by atoms with Crippen molar-refractivity contribution in [2.45, 2.75) is 9.79 Å². The SMILES string of the molecule is O=c1cc/c(=N/Nc2ccc([N+](=O)[O-])cc2S(=O)(=O)O)c(=O)c1=NNc1ccc([N+](=O)[O-])cc1S(=O)(=O)O. The fraction of sp³-hybridized carbons (Fsp3) is 0. The highest BCUT2D eigenvalue weighted by molar-refractivity contribution is 7.86. The van der Waals surface area contributed by atoms with Crippen LogP contribution in [-0.2, 0) is 20.2 Å². The van der Waals surface area contributed by atoms with E-state index in [1.54, 1.807) is 0 Å². The smallest absolute Gasteiger partial charge is 0.287 e. The minimum Gasteiger partial charge on any atom is -0.287 e. The van der Waals surface area contributed by atoms with Crippen LogP contribution in [0.1, 0.15) is 0 Å². The van der Waals surface area contributed by atoms with Crippen LogP contribution in [0.2, 0.25) is 0 Å². The van der Waals surface area contributed by atoms with Crippen molar-refractivity contribution in [3.05, 3.63) is 99.9 Å². The van der Waals surface area contributed by atoms with Crippen molar-refractivity contribution in [1.82, 2.24) is 0 Å². The van der Waals surface area contributed by atoms with Crippen molar-refractivity contribution in [3.63, 3.8) is 0 Å². The summed E-state index contributed by atoms with van der Waals surface area (Å²) in [5.41, 5.74) is -0.322. The molecule has 0 aliphatic heterocycles. The summed E-state index contributed by atoms with van der Waals surface area (Å²) in [5.74, 6) is 0. The number of nitro groups is 2. The van der Waals surface area contributed by atoms with Crippen molar-refractivity contribution in [2.75, 3.05) is 10.9 Å². The molecule has 198 valence electrons. The van der Waals surface area contributed by atoms with Crippen molar-refractivity contribution < 1.29 is 35.8 Å². The standard InChI is InChI=1S/C18H12N6O12S2/c25-14-6-5-13(21-19-11-3-1-9(23(27)28)7-15(11)37(31,32)33)18(26)17(14)22-20-12-4-2-10(24(29)30)8-16(12)38(34,35)36/h1-8,19-20H,(H,31,32,33)(H,34,35,36)/b21-13-,22-17?. The molecular weight excluding hydrogens is 556 g/mol. The monoisotopic (exact) mass is 568 g/mol. The quantitative estimate of drug-likeness (QED) is 0.151. The van der Waals surface area contributed by atoms with Gasteiger partial charge in [0.25, 0.3) is 31.6 Å². The maximum Gasteiger partial charge on any atom is 0.296 e. The highest BCUT2D eigenvalue weighted by Crippen LogP contribution is 2.27. The van der Waals surface area contributed by atoms with E-state index < -0.39 is 84.2 Å². The minimum absolute atomic E-state index is 0.469. The number of nitrogens with zero attached hydrogens (tertiary/aromatic N) is 4. The number of benzene rings is 3. The number of hydrogen-bond acceptors (Lipinski definition) is 14. The fourth-order valence-corrected chi connectivity index (χ4v) is 4.16. The molecule has 3 rings (SSSR count). The Morgan fingerprint density at radius 2 is 1.16 bits per heavy atom. The molecule has 0 aromatic heterocycles. The number of non-ortho nitro benzene ring substituents is 2. The molecule has 20 heteroatoms. The maximum absolute atomic E-state index is 12.7. The van der Waals surface area contributed by atoms with Gasteiger partial charge in [-0.3, -0.25) is 49.8 Å². The Morgan fingerprint density at radius 1 is 0.711 bits per heavy atom. The third-order valence-corrected chi connectivity index (χ3v) is 6.35. The van der Waals surface area contributed by atoms with Crippen LogP contribution in [0.25, 0.3) is 0 Å². The van der Waals surface area contributed by atoms with Gasteiger partial charge in [-0.25, -0.2) is 0 Å². The summed E-state index contributed by atoms with van der Waals surface area (Å²) in [6.07, 6.45) is 0. The zero-order valence-corrected chi connectivity index (χ0v) is 19.8. The Kier molecular flexibility index (Phi) is 7.44. The molecule has 18 nitrogen and oxygen atoms in total. The van der Waals surface area contributed by atoms with Crippen LogP contribution in [-0.4, -0.2) is 35.8 Å². The first-order chi connectivity index (χ1) is 17.6. The Morgan fingerprint density at radius 3 is 1.58 bits per heavy atom. The third-order valence-electron chi connectivity index (χ3n) is 4.57. The van der Waals surface area contributed by atoms with Gasteiger partial charge in [-0.15, -0.1) is 0 Å². The molecular formula is C18H12N6O12S2. The third kappa shape index (κ3) is 6.07. The lowest BCUT2D eigenvalue weighted by Crippen LogP contribution is -2.48. The number of rotatable bonds is 8. The van der Waals surface area contributed by atoms with Gasteiger partial charge in [-0.1, -0.05) is 0 Å². The molecule has 38 heavy (non-hydrogen) atoms. The molecule has 0 fully saturated rings. The lowest BCUT2D eigenvalue weighted by Gasteiger charge is -2.06. The van der Waals surface area contributed by atoms with Gasteiger partial charge in [0, 0.05) is 24.3 Å². The second-order valence-electron chi connectivity index (χ2n) is 7.03. The molecule has 0 spiro atoms. The number of anilines is 2. The van der Waals surface area contributed by atoms with E-state index in [9.17, 15) is 55.8 Å². The van der Waals surface area contributed by atoms with Crippen molar-refractivity contribution >= 4 is 43.0 Å². The Hall–Kier alpha value is -4.92. The normalized spacial score (nSPS) is 12.8. The van der Waals surface area contributed by atoms with Crippen LogP contribution in [0, 0.1) is 20.2 Å². The van der Waals surface area contributed by atoms with Gasteiger partial charge < -0.3 is 0 Å². The molecule has 0 atom stereocenters. The van der Waals surface area contributed by atoms with E-state index in [1.807, 2.05) is 0 Å². The van der Waals surface area contributed by atoms with Crippen LogP contribution < -0.4 is 32.4 Å². The molecule has 0 amide bonds. The van der Waals surface area contributed by atoms with E-state index >= 15 is 0 Å². The highest BCUT2D eigenvalue weighted by Gasteiger charge is 2.21. The largest absolute Gasteiger partial charge is 0.296 e. The van der Waals surface area contributed by atoms with Gasteiger partial charge >= 0.3 is 0 Å². The number of hydrogen-bond donors (Lipinski definition) is 4. The van der Waals surface area contributed by atoms with Crippen LogP contribution in [0.4, 0.5) is 22.7 Å². The number of nitro benzene ring substituents is 2. The molecule has 0 saturated heterocycles. The minimum atomic E-state index is -5.01. The molecule has 3 aromatic rings. The van der Waals surface area contributed by atoms with E-state index in [-0.39, 0.29) is 0 Å². The molecule has 0 bridgehead atoms. The summed E-state index contributed by atoms with van der Waals surface area (Å²) in [4.78, 5) is 42.9. The first-order valence-electron chi connectivity index (χ1n) is 9.56. The summed E-state index contributed by atoms with van der Waals surface area (Å²) in [6, 6.07) is 6.24. The molecule has 0 saturated carbocycles. The van der Waals surface area contributed by atoms with E-state index in [1.165, 1.54) is 0 Å². The fourth-order valence-electron chi connectivity index (χ4n) is 2.83. The topological polar surface area (TPSA) is 278 Å². The van der Waals surface area contributed by atoms with Gasteiger partial charge in [0.05, 0.1) is 21.2 Å². The molecule has 0 aliphatic carbocycles. The zero-order chi connectivity index (χ0) is 28.4. The van der Waals surface area contributed by atoms with Crippen molar-refractivity contribution in [1.29, 1.82) is 0 Å². The predicted molar refractivity (Wildman–Crippen MR) is 126 cm³/mol. The summed E-state index contributed by atoms with van der Waals surface area (Å²) in [6.45, 7) is 0. The average Bonchev–Trinajstić information content (AvgIpc) is 2.82. The second-order valence-corrected chi connectivity index (χ2v) is 9.81. The predicted octanol–water partition coefficient (Wildman–Crippen LogP) is -0.552. The van der Waals surface area contributed by atoms with E-state index in [2.05, 4.69) is 21.1 Å². The first-order valence-corrected chi connectivity index (χ1v) is 12.4. The molecule has 0 heterocycles. The average molecular weight is 568 g/mol. The summed E-state index contributed by atoms with van der Waals surface area (Å²) >= 11 is 0. The number of nitrogens with one attached hydrogen (secondary N) is 2. The second kappa shape index (κ2) is 10.2. The molecule has 0 unspecified atom stereocenters. The Bertz CT molecular complexity index is 1930. The van der Waals surface area contributed by atoms with Gasteiger partial charge in [0.1, 0.15) is 15.1 Å². The van der Waals surface area contributed by atoms with Gasteiger partial charge in [0.15, 0.2) is 5.36 Å². The lowest BCUT2D eigenvalue weighted by atomic mass is 10.3. The maximum atomic E-state index is 12.7. The van der Waals surface area contributed by atoms with Crippen LogP contribution in [0.5, 0.6) is 0 Å². The molecule has 3 aromatic carbocycles. The van der Waals surface area contributed by atoms with Gasteiger partial charge in [-0.05, 0) is 24.3 Å². The van der Waals surface area contributed by atoms with Crippen LogP contribution in [0.3, 0.4) is 0 Å². The van der Waals surface area contributed by atoms with Crippen molar-refractivity contribution in [3.8, 4) is 0 Å². The molecule has 4 N–H and O–H groups in total. The van der Waals surface area contributed by atoms with Crippen molar-refractivity contribution in [2.24, 2.45) is 10.2 Å². The van der Waals surface area contributed by atoms with E-state index in [0.29, 0.717) is 12.1 Å². The van der Waals surface area contributed by atoms with Crippen LogP contribution >= 0.6 is 0 Å². The molecule has 0 radical (unpaired) electrons. The summed E-state index contributed by atoms with van der Waals surface area (Å²) in [5, 5.41) is 27.5. The Balaban J connectivity index is 2.09. The van der Waals surface area contributed by atoms with Gasteiger partial charge in [-0.2, -0.15) is 27.0 Å². The summed E-state index contributed by atoms with van der Waals surface area (Å²) in [7, 11) is -9.99. The Labute approximate surface area is 209 Å². The molecule has 0 aliphatic rings. The summed E-state index contributed by atoms with van der Waals surface area (Å²) < 4.78 is 65.2. The highest BCUT2D eigenvalue weighted by atomic mass is 32.2.